The van der Waals surface area contributed by atoms with Crippen LogP contribution < -0.4 is 5.32 Å². The lowest BCUT2D eigenvalue weighted by Crippen LogP contribution is -2.26. The van der Waals surface area contributed by atoms with Crippen molar-refractivity contribution in [1.29, 1.82) is 0 Å². The first-order valence-corrected chi connectivity index (χ1v) is 8.45. The molecule has 2 atom stereocenters. The summed E-state index contributed by atoms with van der Waals surface area (Å²) >= 11 is 2.10. The van der Waals surface area contributed by atoms with Crippen molar-refractivity contribution in [2.75, 3.05) is 5.75 Å². The summed E-state index contributed by atoms with van der Waals surface area (Å²) < 4.78 is 1.87. The van der Waals surface area contributed by atoms with E-state index < -0.39 is 0 Å². The van der Waals surface area contributed by atoms with Gasteiger partial charge in [-0.1, -0.05) is 6.92 Å². The first-order chi connectivity index (χ1) is 9.74. The molecule has 3 rings (SSSR count). The minimum atomic E-state index is 0.661. The van der Waals surface area contributed by atoms with Crippen LogP contribution in [0.2, 0.25) is 0 Å². The van der Waals surface area contributed by atoms with E-state index in [1.807, 2.05) is 23.7 Å². The van der Waals surface area contributed by atoms with Crippen LogP contribution in [0.5, 0.6) is 0 Å². The predicted octanol–water partition coefficient (Wildman–Crippen LogP) is 2.80. The minimum absolute atomic E-state index is 0.661. The van der Waals surface area contributed by atoms with Crippen LogP contribution >= 0.6 is 11.8 Å². The van der Waals surface area contributed by atoms with Crippen LogP contribution in [0.25, 0.3) is 5.65 Å². The Morgan fingerprint density at radius 3 is 3.20 bits per heavy atom. The van der Waals surface area contributed by atoms with Crippen molar-refractivity contribution in [3.63, 3.8) is 0 Å². The zero-order valence-corrected chi connectivity index (χ0v) is 13.0. The summed E-state index contributed by atoms with van der Waals surface area (Å²) in [5.41, 5.74) is 3.14. The lowest BCUT2D eigenvalue weighted by atomic mass is 10.2. The van der Waals surface area contributed by atoms with E-state index in [-0.39, 0.29) is 0 Å². The highest BCUT2D eigenvalue weighted by Crippen LogP contribution is 2.29. The number of rotatable bonds is 5. The summed E-state index contributed by atoms with van der Waals surface area (Å²) in [6, 6.07) is 2.66. The van der Waals surface area contributed by atoms with Crippen molar-refractivity contribution in [2.45, 2.75) is 50.9 Å². The van der Waals surface area contributed by atoms with Gasteiger partial charge in [-0.3, -0.25) is 0 Å². The van der Waals surface area contributed by atoms with E-state index in [1.54, 1.807) is 0 Å². The van der Waals surface area contributed by atoms with E-state index in [4.69, 9.17) is 0 Å². The third-order valence-electron chi connectivity index (χ3n) is 3.87. The fourth-order valence-electron chi connectivity index (χ4n) is 2.90. The molecule has 108 valence electrons. The summed E-state index contributed by atoms with van der Waals surface area (Å²) in [5.74, 6) is 1.23. The second kappa shape index (κ2) is 6.14. The third-order valence-corrected chi connectivity index (χ3v) is 5.10. The summed E-state index contributed by atoms with van der Waals surface area (Å²) in [6.45, 7) is 5.13. The Hall–Kier alpha value is -1.07. The summed E-state index contributed by atoms with van der Waals surface area (Å²) in [4.78, 5) is 4.45. The Bertz CT molecular complexity index is 580. The maximum atomic E-state index is 4.45. The van der Waals surface area contributed by atoms with Crippen LogP contribution in [0.1, 0.15) is 37.4 Å². The molecule has 4 nitrogen and oxygen atoms in total. The smallest absolute Gasteiger partial charge is 0.155 e. The molecule has 0 spiro atoms. The minimum Gasteiger partial charge on any atom is -0.310 e. The van der Waals surface area contributed by atoms with Gasteiger partial charge in [-0.2, -0.15) is 16.9 Å². The number of fused-ring (bicyclic) bond motifs is 1. The van der Waals surface area contributed by atoms with E-state index in [9.17, 15) is 0 Å². The molecule has 20 heavy (non-hydrogen) atoms. The fraction of sp³-hybridized carbons (Fsp3) is 0.600. The zero-order valence-electron chi connectivity index (χ0n) is 12.2. The molecule has 2 heterocycles. The number of hydrogen-bond donors (Lipinski definition) is 1. The van der Waals surface area contributed by atoms with Gasteiger partial charge in [0.2, 0.25) is 0 Å². The van der Waals surface area contributed by atoms with Crippen molar-refractivity contribution < 1.29 is 0 Å². The Balaban J connectivity index is 1.57. The Morgan fingerprint density at radius 2 is 2.35 bits per heavy atom. The Labute approximate surface area is 124 Å². The molecule has 1 aliphatic rings. The van der Waals surface area contributed by atoms with Gasteiger partial charge in [0.05, 0.1) is 5.69 Å². The maximum Gasteiger partial charge on any atom is 0.155 e. The third kappa shape index (κ3) is 3.15. The largest absolute Gasteiger partial charge is 0.310 e. The quantitative estimate of drug-likeness (QED) is 0.919. The first-order valence-electron chi connectivity index (χ1n) is 7.40. The molecule has 2 aromatic rings. The van der Waals surface area contributed by atoms with Gasteiger partial charge in [0.25, 0.3) is 0 Å². The number of nitrogens with zero attached hydrogens (tertiary/aromatic N) is 3. The molecule has 0 radical (unpaired) electrons. The van der Waals surface area contributed by atoms with Crippen molar-refractivity contribution in [2.24, 2.45) is 0 Å². The monoisotopic (exact) mass is 290 g/mol. The molecular formula is C15H22N4S. The van der Waals surface area contributed by atoms with Crippen molar-refractivity contribution >= 4 is 17.4 Å². The molecule has 5 heteroatoms. The molecule has 0 bridgehead atoms. The van der Waals surface area contributed by atoms with Gasteiger partial charge in [0, 0.05) is 41.9 Å². The van der Waals surface area contributed by atoms with Crippen LogP contribution in [0.4, 0.5) is 0 Å². The Morgan fingerprint density at radius 1 is 1.45 bits per heavy atom. The first kappa shape index (κ1) is 13.9. The van der Waals surface area contributed by atoms with E-state index in [1.165, 1.54) is 30.6 Å². The number of aryl methyl sites for hydroxylation is 1. The number of thioether (sulfide) groups is 1. The molecule has 1 fully saturated rings. The molecule has 0 saturated heterocycles. The van der Waals surface area contributed by atoms with Crippen molar-refractivity contribution in [3.8, 4) is 0 Å². The van der Waals surface area contributed by atoms with Crippen LogP contribution in [0, 0.1) is 6.92 Å². The summed E-state index contributed by atoms with van der Waals surface area (Å²) in [5, 5.41) is 8.93. The number of aromatic nitrogens is 3. The van der Waals surface area contributed by atoms with E-state index >= 15 is 0 Å². The highest BCUT2D eigenvalue weighted by Gasteiger charge is 2.23. The molecule has 2 aromatic heterocycles. The standard InChI is InChI=1S/C15H22N4S/c1-3-20-14-5-4-13(7-14)16-8-12-9-17-15-6-11(2)18-19(15)10-12/h6,9-10,13-14,16H,3-5,7-8H2,1-2H3. The number of hydrogen-bond acceptors (Lipinski definition) is 4. The SMILES string of the molecule is CCSC1CCC(NCc2cnc3cc(C)nn3c2)C1. The molecular weight excluding hydrogens is 268 g/mol. The second-order valence-electron chi connectivity index (χ2n) is 5.52. The van der Waals surface area contributed by atoms with Crippen molar-refractivity contribution in [3.05, 3.63) is 29.7 Å². The predicted molar refractivity (Wildman–Crippen MR) is 84.1 cm³/mol. The molecule has 0 aromatic carbocycles. The van der Waals surface area contributed by atoms with Crippen molar-refractivity contribution in [1.82, 2.24) is 19.9 Å². The van der Waals surface area contributed by atoms with Gasteiger partial charge in [0.15, 0.2) is 5.65 Å². The lowest BCUT2D eigenvalue weighted by Gasteiger charge is -2.13. The molecule has 1 aliphatic carbocycles. The van der Waals surface area contributed by atoms with Crippen LogP contribution in [0.3, 0.4) is 0 Å². The normalized spacial score (nSPS) is 22.7. The average molecular weight is 290 g/mol. The average Bonchev–Trinajstić information content (AvgIpc) is 3.01. The van der Waals surface area contributed by atoms with E-state index in [0.29, 0.717) is 6.04 Å². The molecule has 1 saturated carbocycles. The summed E-state index contributed by atoms with van der Waals surface area (Å²) in [6.07, 6.45) is 7.99. The highest BCUT2D eigenvalue weighted by molar-refractivity contribution is 7.99. The van der Waals surface area contributed by atoms with E-state index in [0.717, 1.165) is 23.1 Å². The van der Waals surface area contributed by atoms with Crippen LogP contribution in [0.15, 0.2) is 18.5 Å². The molecule has 1 N–H and O–H groups in total. The lowest BCUT2D eigenvalue weighted by molar-refractivity contribution is 0.523. The van der Waals surface area contributed by atoms with Gasteiger partial charge in [0.1, 0.15) is 0 Å². The Kier molecular flexibility index (Phi) is 4.27. The zero-order chi connectivity index (χ0) is 13.9. The number of nitrogens with one attached hydrogen (secondary N) is 1. The topological polar surface area (TPSA) is 42.2 Å². The molecule has 0 amide bonds. The van der Waals surface area contributed by atoms with Gasteiger partial charge in [-0.15, -0.1) is 0 Å². The van der Waals surface area contributed by atoms with E-state index in [2.05, 4.69) is 40.3 Å². The van der Waals surface area contributed by atoms with Gasteiger partial charge in [-0.05, 0) is 31.9 Å². The van der Waals surface area contributed by atoms with Gasteiger partial charge >= 0.3 is 0 Å². The van der Waals surface area contributed by atoms with Crippen LogP contribution in [-0.4, -0.2) is 31.6 Å². The molecule has 0 aliphatic heterocycles. The molecule has 2 unspecified atom stereocenters. The maximum absolute atomic E-state index is 4.45. The van der Waals surface area contributed by atoms with Gasteiger partial charge < -0.3 is 5.32 Å². The summed E-state index contributed by atoms with van der Waals surface area (Å²) in [7, 11) is 0. The van der Waals surface area contributed by atoms with Crippen LogP contribution in [-0.2, 0) is 6.54 Å². The second-order valence-corrected chi connectivity index (χ2v) is 7.10. The van der Waals surface area contributed by atoms with Gasteiger partial charge in [-0.25, -0.2) is 9.50 Å². The highest BCUT2D eigenvalue weighted by atomic mass is 32.2. The fourth-order valence-corrected chi connectivity index (χ4v) is 4.04.